The van der Waals surface area contributed by atoms with Crippen molar-refractivity contribution in [2.24, 2.45) is 0 Å². The first-order valence-electron chi connectivity index (χ1n) is 12.5. The second-order valence-corrected chi connectivity index (χ2v) is 10.5. The SMILES string of the molecule is CCCCCCCCCC(CCCCCCC(O)CCCCCCC)S(=O)(=O)[O-].[K+]. The van der Waals surface area contributed by atoms with Crippen molar-refractivity contribution < 1.29 is 69.5 Å². The van der Waals surface area contributed by atoms with Crippen LogP contribution >= 0.6 is 0 Å². The van der Waals surface area contributed by atoms with Crippen LogP contribution in [-0.2, 0) is 10.1 Å². The van der Waals surface area contributed by atoms with E-state index >= 15 is 0 Å². The van der Waals surface area contributed by atoms with Crippen molar-refractivity contribution in [1.82, 2.24) is 0 Å². The summed E-state index contributed by atoms with van der Waals surface area (Å²) in [6, 6.07) is 0. The summed E-state index contributed by atoms with van der Waals surface area (Å²) < 4.78 is 34.6. The van der Waals surface area contributed by atoms with Gasteiger partial charge in [-0.15, -0.1) is 0 Å². The zero-order valence-corrected chi connectivity index (χ0v) is 24.3. The van der Waals surface area contributed by atoms with E-state index in [9.17, 15) is 18.1 Å². The molecule has 4 nitrogen and oxygen atoms in total. The summed E-state index contributed by atoms with van der Waals surface area (Å²) in [5.41, 5.74) is 0. The van der Waals surface area contributed by atoms with Crippen LogP contribution < -0.4 is 51.4 Å². The fraction of sp³-hybridized carbons (Fsp3) is 1.00. The Bertz CT molecular complexity index is 442. The van der Waals surface area contributed by atoms with E-state index in [1.54, 1.807) is 0 Å². The molecule has 0 saturated carbocycles. The van der Waals surface area contributed by atoms with E-state index in [1.807, 2.05) is 0 Å². The largest absolute Gasteiger partial charge is 1.00 e. The molecule has 0 fully saturated rings. The fourth-order valence-corrected chi connectivity index (χ4v) is 4.91. The molecule has 30 heavy (non-hydrogen) atoms. The van der Waals surface area contributed by atoms with Crippen molar-refractivity contribution in [3.63, 3.8) is 0 Å². The summed E-state index contributed by atoms with van der Waals surface area (Å²) in [6.07, 6.45) is 20.5. The molecule has 0 heterocycles. The van der Waals surface area contributed by atoms with Gasteiger partial charge in [-0.3, -0.25) is 0 Å². The van der Waals surface area contributed by atoms with Gasteiger partial charge in [0.05, 0.1) is 16.2 Å². The Morgan fingerprint density at radius 2 is 0.900 bits per heavy atom. The first-order chi connectivity index (χ1) is 13.9. The molecular weight excluding hydrogens is 423 g/mol. The molecule has 0 aliphatic carbocycles. The van der Waals surface area contributed by atoms with E-state index in [1.165, 1.54) is 51.4 Å². The third kappa shape index (κ3) is 22.7. The zero-order chi connectivity index (χ0) is 21.8. The summed E-state index contributed by atoms with van der Waals surface area (Å²) in [5, 5.41) is 9.32. The molecule has 176 valence electrons. The predicted molar refractivity (Wildman–Crippen MR) is 123 cm³/mol. The minimum absolute atomic E-state index is 0. The maximum atomic E-state index is 11.5. The molecule has 0 amide bonds. The molecule has 2 unspecified atom stereocenters. The number of aliphatic hydroxyl groups is 1. The minimum Gasteiger partial charge on any atom is -0.748 e. The molecule has 1 N–H and O–H groups in total. The number of aliphatic hydroxyl groups excluding tert-OH is 1. The normalized spacial score (nSPS) is 13.7. The third-order valence-corrected chi connectivity index (χ3v) is 7.28. The fourth-order valence-electron chi connectivity index (χ4n) is 4.00. The number of unbranched alkanes of at least 4 members (excludes halogenated alkanes) is 13. The van der Waals surface area contributed by atoms with E-state index in [-0.39, 0.29) is 57.5 Å². The zero-order valence-electron chi connectivity index (χ0n) is 20.4. The molecule has 0 aromatic rings. The molecule has 2 atom stereocenters. The van der Waals surface area contributed by atoms with E-state index in [2.05, 4.69) is 13.8 Å². The third-order valence-electron chi connectivity index (χ3n) is 5.99. The average Bonchev–Trinajstić information content (AvgIpc) is 2.67. The Balaban J connectivity index is 0. The van der Waals surface area contributed by atoms with Crippen LogP contribution in [0.15, 0.2) is 0 Å². The summed E-state index contributed by atoms with van der Waals surface area (Å²) in [7, 11) is -4.18. The van der Waals surface area contributed by atoms with Crippen LogP contribution in [0.25, 0.3) is 0 Å². The molecule has 6 heteroatoms. The second kappa shape index (κ2) is 23.7. The maximum absolute atomic E-state index is 11.5. The summed E-state index contributed by atoms with van der Waals surface area (Å²) in [6.45, 7) is 4.40. The molecule has 0 radical (unpaired) electrons. The van der Waals surface area contributed by atoms with Crippen molar-refractivity contribution in [2.75, 3.05) is 0 Å². The molecule has 0 bridgehead atoms. The van der Waals surface area contributed by atoms with Crippen LogP contribution in [0.3, 0.4) is 0 Å². The van der Waals surface area contributed by atoms with Gasteiger partial charge in [-0.05, 0) is 25.7 Å². The maximum Gasteiger partial charge on any atom is 1.00 e. The van der Waals surface area contributed by atoms with E-state index in [0.29, 0.717) is 12.8 Å². The Morgan fingerprint density at radius 1 is 0.600 bits per heavy atom. The van der Waals surface area contributed by atoms with Crippen LogP contribution in [0.2, 0.25) is 0 Å². The van der Waals surface area contributed by atoms with Crippen molar-refractivity contribution >= 4 is 10.1 Å². The topological polar surface area (TPSA) is 77.4 Å². The molecule has 0 rings (SSSR count). The second-order valence-electron chi connectivity index (χ2n) is 8.87. The van der Waals surface area contributed by atoms with Crippen LogP contribution in [0.5, 0.6) is 0 Å². The van der Waals surface area contributed by atoms with Gasteiger partial charge in [0, 0.05) is 5.25 Å². The smallest absolute Gasteiger partial charge is 0.748 e. The van der Waals surface area contributed by atoms with Gasteiger partial charge in [0.2, 0.25) is 0 Å². The quantitative estimate of drug-likeness (QED) is 0.146. The van der Waals surface area contributed by atoms with Crippen LogP contribution in [-0.4, -0.2) is 29.4 Å². The number of rotatable bonds is 22. The molecule has 0 aliphatic rings. The van der Waals surface area contributed by atoms with Gasteiger partial charge >= 0.3 is 51.4 Å². The molecule has 0 aromatic heterocycles. The standard InChI is InChI=1S/C24H50O4S.K/c1-3-5-7-9-10-12-17-21-24(29(26,27)28)22-18-14-13-16-20-23(25)19-15-11-8-6-4-2;/h23-25H,3-22H2,1-2H3,(H,26,27,28);/q;+1/p-1. The predicted octanol–water partition coefficient (Wildman–Crippen LogP) is 4.11. The average molecular weight is 473 g/mol. The molecule has 0 aromatic carbocycles. The summed E-state index contributed by atoms with van der Waals surface area (Å²) >= 11 is 0. The minimum atomic E-state index is -4.18. The Labute approximate surface area is 230 Å². The van der Waals surface area contributed by atoms with Gasteiger partial charge < -0.3 is 9.66 Å². The summed E-state index contributed by atoms with van der Waals surface area (Å²) in [4.78, 5) is 0. The van der Waals surface area contributed by atoms with Crippen LogP contribution in [0.4, 0.5) is 0 Å². The molecule has 0 aliphatic heterocycles. The van der Waals surface area contributed by atoms with Gasteiger partial charge in [0.25, 0.3) is 0 Å². The first kappa shape index (κ1) is 33.7. The molecule has 0 saturated heterocycles. The monoisotopic (exact) mass is 472 g/mol. The van der Waals surface area contributed by atoms with Gasteiger partial charge in [0.15, 0.2) is 0 Å². The summed E-state index contributed by atoms with van der Waals surface area (Å²) in [5.74, 6) is 0. The van der Waals surface area contributed by atoms with Gasteiger partial charge in [-0.25, -0.2) is 8.42 Å². The molecular formula is C24H49KO4S. The Hall–Kier alpha value is 1.51. The van der Waals surface area contributed by atoms with Crippen LogP contribution in [0.1, 0.15) is 142 Å². The number of hydrogen-bond donors (Lipinski definition) is 1. The van der Waals surface area contributed by atoms with E-state index < -0.39 is 15.4 Å². The van der Waals surface area contributed by atoms with Gasteiger partial charge in [-0.2, -0.15) is 0 Å². The Kier molecular flexibility index (Phi) is 26.6. The van der Waals surface area contributed by atoms with Crippen molar-refractivity contribution in [1.29, 1.82) is 0 Å². The van der Waals surface area contributed by atoms with Crippen molar-refractivity contribution in [3.8, 4) is 0 Å². The van der Waals surface area contributed by atoms with E-state index in [4.69, 9.17) is 0 Å². The van der Waals surface area contributed by atoms with Gasteiger partial charge in [0.1, 0.15) is 0 Å². The molecule has 0 spiro atoms. The van der Waals surface area contributed by atoms with Crippen molar-refractivity contribution in [3.05, 3.63) is 0 Å². The first-order valence-corrected chi connectivity index (χ1v) is 14.0. The Morgan fingerprint density at radius 3 is 1.23 bits per heavy atom. The van der Waals surface area contributed by atoms with Crippen LogP contribution in [0, 0.1) is 0 Å². The number of hydrogen-bond acceptors (Lipinski definition) is 4. The van der Waals surface area contributed by atoms with Crippen molar-refractivity contribution in [2.45, 2.75) is 154 Å². The van der Waals surface area contributed by atoms with E-state index in [0.717, 1.165) is 64.2 Å². The van der Waals surface area contributed by atoms with Gasteiger partial charge in [-0.1, -0.05) is 117 Å².